The highest BCUT2D eigenvalue weighted by molar-refractivity contribution is 6.35. The molecule has 2 N–H and O–H groups in total. The quantitative estimate of drug-likeness (QED) is 0.817. The van der Waals surface area contributed by atoms with Gasteiger partial charge in [0.15, 0.2) is 6.61 Å². The standard InChI is InChI=1S/C17H16Cl2N2O3/c1-2-20-17(23)11-3-6-13(7-4-11)21-16(22)10-24-15-8-5-12(18)9-14(15)19/h3-9H,2,10H2,1H3,(H,20,23)(H,21,22). The second kappa shape index (κ2) is 8.57. The highest BCUT2D eigenvalue weighted by Gasteiger charge is 2.08. The fraction of sp³-hybridized carbons (Fsp3) is 0.176. The van der Waals surface area contributed by atoms with Crippen LogP contribution in [0.5, 0.6) is 5.75 Å². The van der Waals surface area contributed by atoms with Gasteiger partial charge in [0.1, 0.15) is 5.75 Å². The van der Waals surface area contributed by atoms with E-state index in [1.807, 2.05) is 6.92 Å². The van der Waals surface area contributed by atoms with Crippen molar-refractivity contribution >= 4 is 40.7 Å². The van der Waals surface area contributed by atoms with E-state index in [1.165, 1.54) is 6.07 Å². The monoisotopic (exact) mass is 366 g/mol. The lowest BCUT2D eigenvalue weighted by atomic mass is 10.2. The molecule has 0 heterocycles. The zero-order chi connectivity index (χ0) is 17.5. The van der Waals surface area contributed by atoms with Gasteiger partial charge in [0.05, 0.1) is 5.02 Å². The van der Waals surface area contributed by atoms with E-state index >= 15 is 0 Å². The van der Waals surface area contributed by atoms with E-state index in [0.29, 0.717) is 33.6 Å². The van der Waals surface area contributed by atoms with Crippen molar-refractivity contribution in [3.63, 3.8) is 0 Å². The van der Waals surface area contributed by atoms with E-state index in [2.05, 4.69) is 10.6 Å². The van der Waals surface area contributed by atoms with Gasteiger partial charge in [-0.3, -0.25) is 9.59 Å². The number of anilines is 1. The summed E-state index contributed by atoms with van der Waals surface area (Å²) in [7, 11) is 0. The lowest BCUT2D eigenvalue weighted by Crippen LogP contribution is -2.23. The van der Waals surface area contributed by atoms with Crippen molar-refractivity contribution < 1.29 is 14.3 Å². The molecule has 0 fully saturated rings. The van der Waals surface area contributed by atoms with Crippen LogP contribution in [-0.4, -0.2) is 25.0 Å². The molecule has 2 aromatic carbocycles. The molecule has 126 valence electrons. The Morgan fingerprint density at radius 3 is 2.42 bits per heavy atom. The SMILES string of the molecule is CCNC(=O)c1ccc(NC(=O)COc2ccc(Cl)cc2Cl)cc1. The Hall–Kier alpha value is -2.24. The predicted octanol–water partition coefficient (Wildman–Crippen LogP) is 3.76. The number of hydrogen-bond acceptors (Lipinski definition) is 3. The number of halogens is 2. The summed E-state index contributed by atoms with van der Waals surface area (Å²) < 4.78 is 5.35. The fourth-order valence-electron chi connectivity index (χ4n) is 1.90. The molecule has 24 heavy (non-hydrogen) atoms. The van der Waals surface area contributed by atoms with Crippen LogP contribution in [-0.2, 0) is 4.79 Å². The second-order valence-electron chi connectivity index (χ2n) is 4.85. The van der Waals surface area contributed by atoms with E-state index in [1.54, 1.807) is 36.4 Å². The van der Waals surface area contributed by atoms with E-state index in [9.17, 15) is 9.59 Å². The summed E-state index contributed by atoms with van der Waals surface area (Å²) in [5, 5.41) is 6.20. The van der Waals surface area contributed by atoms with Crippen molar-refractivity contribution in [1.29, 1.82) is 0 Å². The van der Waals surface area contributed by atoms with Crippen LogP contribution < -0.4 is 15.4 Å². The fourth-order valence-corrected chi connectivity index (χ4v) is 2.36. The molecule has 0 radical (unpaired) electrons. The van der Waals surface area contributed by atoms with Crippen molar-refractivity contribution in [2.45, 2.75) is 6.92 Å². The molecule has 2 rings (SSSR count). The van der Waals surface area contributed by atoms with Crippen LogP contribution in [0.4, 0.5) is 5.69 Å². The first kappa shape index (κ1) is 18.1. The molecule has 0 saturated heterocycles. The van der Waals surface area contributed by atoms with Crippen LogP contribution in [0.1, 0.15) is 17.3 Å². The number of carbonyl (C=O) groups excluding carboxylic acids is 2. The maximum atomic E-state index is 11.9. The molecule has 0 atom stereocenters. The van der Waals surface area contributed by atoms with Crippen LogP contribution >= 0.6 is 23.2 Å². The van der Waals surface area contributed by atoms with Gasteiger partial charge in [-0.2, -0.15) is 0 Å². The number of ether oxygens (including phenoxy) is 1. The van der Waals surface area contributed by atoms with Gasteiger partial charge in [0.2, 0.25) is 0 Å². The summed E-state index contributed by atoms with van der Waals surface area (Å²) in [6, 6.07) is 11.3. The van der Waals surface area contributed by atoms with Gasteiger partial charge in [0, 0.05) is 22.8 Å². The third-order valence-electron chi connectivity index (χ3n) is 3.02. The lowest BCUT2D eigenvalue weighted by Gasteiger charge is -2.09. The number of benzene rings is 2. The molecule has 0 aliphatic carbocycles. The minimum atomic E-state index is -0.341. The molecule has 7 heteroatoms. The van der Waals surface area contributed by atoms with Crippen LogP contribution in [0.15, 0.2) is 42.5 Å². The normalized spacial score (nSPS) is 10.1. The summed E-state index contributed by atoms with van der Waals surface area (Å²) in [6.07, 6.45) is 0. The first-order chi connectivity index (χ1) is 11.5. The smallest absolute Gasteiger partial charge is 0.262 e. The van der Waals surface area contributed by atoms with Gasteiger partial charge in [-0.25, -0.2) is 0 Å². The summed E-state index contributed by atoms with van der Waals surface area (Å²) in [5.41, 5.74) is 1.10. The third-order valence-corrected chi connectivity index (χ3v) is 3.55. The minimum absolute atomic E-state index is 0.156. The average molecular weight is 367 g/mol. The Balaban J connectivity index is 1.89. The van der Waals surface area contributed by atoms with Crippen molar-refractivity contribution in [3.05, 3.63) is 58.1 Å². The Labute approximate surface area is 149 Å². The van der Waals surface area contributed by atoms with E-state index < -0.39 is 0 Å². The van der Waals surface area contributed by atoms with Crippen LogP contribution in [0.25, 0.3) is 0 Å². The lowest BCUT2D eigenvalue weighted by molar-refractivity contribution is -0.118. The summed E-state index contributed by atoms with van der Waals surface area (Å²) in [4.78, 5) is 23.6. The Bertz CT molecular complexity index is 733. The average Bonchev–Trinajstić information content (AvgIpc) is 2.55. The first-order valence-corrected chi connectivity index (χ1v) is 8.01. The molecule has 2 aromatic rings. The molecule has 0 aliphatic heterocycles. The minimum Gasteiger partial charge on any atom is -0.482 e. The van der Waals surface area contributed by atoms with E-state index in [4.69, 9.17) is 27.9 Å². The molecule has 0 bridgehead atoms. The molecule has 2 amide bonds. The summed E-state index contributed by atoms with van der Waals surface area (Å²) >= 11 is 11.8. The van der Waals surface area contributed by atoms with E-state index in [0.717, 1.165) is 0 Å². The van der Waals surface area contributed by atoms with E-state index in [-0.39, 0.29) is 18.4 Å². The van der Waals surface area contributed by atoms with Crippen molar-refractivity contribution in [3.8, 4) is 5.75 Å². The van der Waals surface area contributed by atoms with Gasteiger partial charge in [-0.05, 0) is 49.4 Å². The number of carbonyl (C=O) groups is 2. The van der Waals surface area contributed by atoms with Crippen LogP contribution in [0.2, 0.25) is 10.0 Å². The molecule has 0 spiro atoms. The zero-order valence-corrected chi connectivity index (χ0v) is 14.4. The third kappa shape index (κ3) is 5.15. The molecule has 0 saturated carbocycles. The predicted molar refractivity (Wildman–Crippen MR) is 95.0 cm³/mol. The largest absolute Gasteiger partial charge is 0.482 e. The number of hydrogen-bond donors (Lipinski definition) is 2. The van der Waals surface area contributed by atoms with Gasteiger partial charge in [0.25, 0.3) is 11.8 Å². The maximum Gasteiger partial charge on any atom is 0.262 e. The zero-order valence-electron chi connectivity index (χ0n) is 12.9. The highest BCUT2D eigenvalue weighted by Crippen LogP contribution is 2.27. The van der Waals surface area contributed by atoms with Gasteiger partial charge >= 0.3 is 0 Å². The number of amides is 2. The molecule has 0 unspecified atom stereocenters. The summed E-state index contributed by atoms with van der Waals surface area (Å²) in [6.45, 7) is 2.21. The van der Waals surface area contributed by atoms with Gasteiger partial charge in [-0.1, -0.05) is 23.2 Å². The number of nitrogens with one attached hydrogen (secondary N) is 2. The molecule has 5 nitrogen and oxygen atoms in total. The van der Waals surface area contributed by atoms with Gasteiger partial charge < -0.3 is 15.4 Å². The van der Waals surface area contributed by atoms with Crippen LogP contribution in [0, 0.1) is 0 Å². The first-order valence-electron chi connectivity index (χ1n) is 7.25. The van der Waals surface area contributed by atoms with Crippen molar-refractivity contribution in [2.24, 2.45) is 0 Å². The van der Waals surface area contributed by atoms with Gasteiger partial charge in [-0.15, -0.1) is 0 Å². The highest BCUT2D eigenvalue weighted by atomic mass is 35.5. The summed E-state index contributed by atoms with van der Waals surface area (Å²) in [5.74, 6) is -0.120. The maximum absolute atomic E-state index is 11.9. The number of rotatable bonds is 6. The Morgan fingerprint density at radius 1 is 1.08 bits per heavy atom. The molecular weight excluding hydrogens is 351 g/mol. The van der Waals surface area contributed by atoms with Crippen molar-refractivity contribution in [2.75, 3.05) is 18.5 Å². The Kier molecular flexibility index (Phi) is 6.46. The molecule has 0 aliphatic rings. The van der Waals surface area contributed by atoms with Crippen LogP contribution in [0.3, 0.4) is 0 Å². The Morgan fingerprint density at radius 2 is 1.79 bits per heavy atom. The molecular formula is C17H16Cl2N2O3. The van der Waals surface area contributed by atoms with Crippen molar-refractivity contribution in [1.82, 2.24) is 5.32 Å². The topological polar surface area (TPSA) is 67.4 Å². The molecule has 0 aromatic heterocycles. The second-order valence-corrected chi connectivity index (χ2v) is 5.69.